The van der Waals surface area contributed by atoms with Crippen LogP contribution in [0, 0.1) is 0 Å². The highest BCUT2D eigenvalue weighted by atomic mass is 35.5. The van der Waals surface area contributed by atoms with Crippen molar-refractivity contribution in [3.8, 4) is 0 Å². The van der Waals surface area contributed by atoms with Gasteiger partial charge in [0.05, 0.1) is 30.7 Å². The molecule has 1 atom stereocenters. The predicted octanol–water partition coefficient (Wildman–Crippen LogP) is 7.66. The lowest BCUT2D eigenvalue weighted by molar-refractivity contribution is -0.140. The zero-order valence-electron chi connectivity index (χ0n) is 24.5. The van der Waals surface area contributed by atoms with E-state index in [1.54, 1.807) is 36.4 Å². The molecule has 4 aromatic carbocycles. The number of hydrogen-bond acceptors (Lipinski definition) is 4. The minimum Gasteiger partial charge on any atom is -0.352 e. The highest BCUT2D eigenvalue weighted by Gasteiger charge is 2.35. The molecule has 0 aromatic heterocycles. The minimum absolute atomic E-state index is 0.0294. The number of anilines is 1. The molecule has 45 heavy (non-hydrogen) atoms. The first-order valence-corrected chi connectivity index (χ1v) is 16.9. The van der Waals surface area contributed by atoms with Gasteiger partial charge in [0.25, 0.3) is 10.0 Å². The number of benzene rings is 4. The van der Waals surface area contributed by atoms with Gasteiger partial charge in [-0.25, -0.2) is 8.42 Å². The second-order valence-corrected chi connectivity index (χ2v) is 14.1. The monoisotopic (exact) mass is 705 g/mol. The lowest BCUT2D eigenvalue weighted by atomic mass is 10.0. The molecule has 0 radical (unpaired) electrons. The Morgan fingerprint density at radius 1 is 0.733 bits per heavy atom. The Balaban J connectivity index is 1.83. The van der Waals surface area contributed by atoms with Crippen molar-refractivity contribution in [2.24, 2.45) is 0 Å². The molecular weight excluding hydrogens is 676 g/mol. The van der Waals surface area contributed by atoms with Crippen LogP contribution in [0.1, 0.15) is 25.0 Å². The standard InChI is InChI=1S/C33H31Cl4N3O4S/c1-22(2)38-33(42)31(18-23-9-5-3-6-10-23)39(20-24-13-15-27(34)29(36)17-24)32(41)21-40(25-14-16-28(35)30(37)19-25)45(43,44)26-11-7-4-8-12-26/h3-17,19,22,31H,18,20-21H2,1-2H3,(H,38,42)/t31-/m0/s1. The summed E-state index contributed by atoms with van der Waals surface area (Å²) in [6, 6.07) is 25.0. The second-order valence-electron chi connectivity index (χ2n) is 10.6. The van der Waals surface area contributed by atoms with E-state index in [0.717, 1.165) is 9.87 Å². The molecule has 0 unspecified atom stereocenters. The first-order valence-electron chi connectivity index (χ1n) is 14.0. The molecule has 0 fully saturated rings. The summed E-state index contributed by atoms with van der Waals surface area (Å²) in [7, 11) is -4.28. The van der Waals surface area contributed by atoms with Crippen LogP contribution in [0.15, 0.2) is 102 Å². The lowest BCUT2D eigenvalue weighted by Crippen LogP contribution is -2.54. The highest BCUT2D eigenvalue weighted by molar-refractivity contribution is 7.92. The normalized spacial score (nSPS) is 12.1. The van der Waals surface area contributed by atoms with Crippen molar-refractivity contribution < 1.29 is 18.0 Å². The van der Waals surface area contributed by atoms with E-state index in [4.69, 9.17) is 46.4 Å². The van der Waals surface area contributed by atoms with E-state index >= 15 is 0 Å². The average Bonchev–Trinajstić information content (AvgIpc) is 3.01. The summed E-state index contributed by atoms with van der Waals surface area (Å²) in [5.74, 6) is -1.03. The maximum Gasteiger partial charge on any atom is 0.264 e. The van der Waals surface area contributed by atoms with E-state index in [1.807, 2.05) is 44.2 Å². The van der Waals surface area contributed by atoms with Gasteiger partial charge in [0.1, 0.15) is 12.6 Å². The van der Waals surface area contributed by atoms with Crippen molar-refractivity contribution in [3.63, 3.8) is 0 Å². The molecule has 236 valence electrons. The molecule has 0 aliphatic carbocycles. The van der Waals surface area contributed by atoms with Gasteiger partial charge in [0.15, 0.2) is 0 Å². The van der Waals surface area contributed by atoms with Crippen molar-refractivity contribution in [2.45, 2.75) is 43.8 Å². The van der Waals surface area contributed by atoms with E-state index in [9.17, 15) is 18.0 Å². The van der Waals surface area contributed by atoms with Crippen LogP contribution in [0.3, 0.4) is 0 Å². The Hall–Kier alpha value is -3.27. The summed E-state index contributed by atoms with van der Waals surface area (Å²) in [5, 5.41) is 3.85. The summed E-state index contributed by atoms with van der Waals surface area (Å²) in [4.78, 5) is 29.6. The quantitative estimate of drug-likeness (QED) is 0.164. The van der Waals surface area contributed by atoms with Crippen molar-refractivity contribution in [1.82, 2.24) is 10.2 Å². The summed E-state index contributed by atoms with van der Waals surface area (Å²) < 4.78 is 29.0. The predicted molar refractivity (Wildman–Crippen MR) is 182 cm³/mol. The molecule has 0 heterocycles. The van der Waals surface area contributed by atoms with Gasteiger partial charge < -0.3 is 10.2 Å². The molecule has 7 nitrogen and oxygen atoms in total. The SMILES string of the molecule is CC(C)NC(=O)[C@H](Cc1ccccc1)N(Cc1ccc(Cl)c(Cl)c1)C(=O)CN(c1ccc(Cl)c(Cl)c1)S(=O)(=O)c1ccccc1. The zero-order valence-corrected chi connectivity index (χ0v) is 28.3. The topological polar surface area (TPSA) is 86.8 Å². The van der Waals surface area contributed by atoms with E-state index in [2.05, 4.69) is 5.32 Å². The lowest BCUT2D eigenvalue weighted by Gasteiger charge is -2.34. The van der Waals surface area contributed by atoms with Crippen LogP contribution >= 0.6 is 46.4 Å². The third kappa shape index (κ3) is 8.93. The number of nitrogens with one attached hydrogen (secondary N) is 1. The van der Waals surface area contributed by atoms with Crippen LogP contribution in [-0.2, 0) is 32.6 Å². The fourth-order valence-electron chi connectivity index (χ4n) is 4.66. The Morgan fingerprint density at radius 2 is 1.31 bits per heavy atom. The first kappa shape index (κ1) is 34.6. The first-order chi connectivity index (χ1) is 21.4. The number of halogens is 4. The van der Waals surface area contributed by atoms with Crippen LogP contribution in [0.4, 0.5) is 5.69 Å². The maximum absolute atomic E-state index is 14.5. The number of sulfonamides is 1. The summed E-state index contributed by atoms with van der Waals surface area (Å²) >= 11 is 24.9. The number of rotatable bonds is 12. The fraction of sp³-hybridized carbons (Fsp3) is 0.212. The van der Waals surface area contributed by atoms with Gasteiger partial charge in [-0.2, -0.15) is 0 Å². The average molecular weight is 708 g/mol. The van der Waals surface area contributed by atoms with E-state index in [1.165, 1.54) is 35.2 Å². The molecule has 0 bridgehead atoms. The molecule has 0 aliphatic rings. The fourth-order valence-corrected chi connectivity index (χ4v) is 6.70. The van der Waals surface area contributed by atoms with Crippen molar-refractivity contribution in [3.05, 3.63) is 128 Å². The van der Waals surface area contributed by atoms with Crippen LogP contribution in [0.2, 0.25) is 20.1 Å². The highest BCUT2D eigenvalue weighted by Crippen LogP contribution is 2.31. The van der Waals surface area contributed by atoms with Crippen LogP contribution in [0.5, 0.6) is 0 Å². The molecule has 4 rings (SSSR count). The van der Waals surface area contributed by atoms with Crippen molar-refractivity contribution in [1.29, 1.82) is 0 Å². The largest absolute Gasteiger partial charge is 0.352 e. The Labute approximate surface area is 283 Å². The summed E-state index contributed by atoms with van der Waals surface area (Å²) in [6.45, 7) is 2.94. The zero-order chi connectivity index (χ0) is 32.7. The van der Waals surface area contributed by atoms with Gasteiger partial charge in [-0.1, -0.05) is 101 Å². The molecule has 1 N–H and O–H groups in total. The number of hydrogen-bond donors (Lipinski definition) is 1. The molecule has 4 aromatic rings. The summed E-state index contributed by atoms with van der Waals surface area (Å²) in [5.41, 5.74) is 1.54. The van der Waals surface area contributed by atoms with E-state index < -0.39 is 34.4 Å². The molecule has 0 aliphatic heterocycles. The van der Waals surface area contributed by atoms with Gasteiger partial charge in [-0.05, 0) is 67.4 Å². The second kappa shape index (κ2) is 15.3. The Kier molecular flexibility index (Phi) is 11.8. The Morgan fingerprint density at radius 3 is 1.89 bits per heavy atom. The van der Waals surface area contributed by atoms with Crippen LogP contribution in [-0.4, -0.2) is 43.8 Å². The van der Waals surface area contributed by atoms with Crippen molar-refractivity contribution >= 4 is 73.9 Å². The number of carbonyl (C=O) groups excluding carboxylic acids is 2. The van der Waals surface area contributed by atoms with Crippen LogP contribution in [0.25, 0.3) is 0 Å². The molecular formula is C33H31Cl4N3O4S. The number of nitrogens with zero attached hydrogens (tertiary/aromatic N) is 2. The molecule has 2 amide bonds. The summed E-state index contributed by atoms with van der Waals surface area (Å²) in [6.07, 6.45) is 0.171. The third-order valence-corrected chi connectivity index (χ3v) is 10.1. The number of amides is 2. The van der Waals surface area contributed by atoms with Crippen LogP contribution < -0.4 is 9.62 Å². The minimum atomic E-state index is -4.28. The van der Waals surface area contributed by atoms with Gasteiger partial charge in [-0.3, -0.25) is 13.9 Å². The smallest absolute Gasteiger partial charge is 0.264 e. The maximum atomic E-state index is 14.5. The van der Waals surface area contributed by atoms with Gasteiger partial charge in [0, 0.05) is 19.0 Å². The molecule has 0 saturated carbocycles. The van der Waals surface area contributed by atoms with Gasteiger partial charge >= 0.3 is 0 Å². The van der Waals surface area contributed by atoms with E-state index in [-0.39, 0.29) is 44.7 Å². The Bertz CT molecular complexity index is 1760. The third-order valence-electron chi connectivity index (χ3n) is 6.84. The van der Waals surface area contributed by atoms with E-state index in [0.29, 0.717) is 10.6 Å². The molecule has 12 heteroatoms. The van der Waals surface area contributed by atoms with Gasteiger partial charge in [0.2, 0.25) is 11.8 Å². The van der Waals surface area contributed by atoms with Crippen molar-refractivity contribution in [2.75, 3.05) is 10.8 Å². The molecule has 0 saturated heterocycles. The molecule has 0 spiro atoms. The number of carbonyl (C=O) groups is 2. The van der Waals surface area contributed by atoms with Gasteiger partial charge in [-0.15, -0.1) is 0 Å².